The number of aryl methyl sites for hydroxylation is 1. The van der Waals surface area contributed by atoms with Crippen molar-refractivity contribution in [2.75, 3.05) is 0 Å². The Balaban J connectivity index is 2.55. The van der Waals surface area contributed by atoms with Crippen molar-refractivity contribution >= 4 is 11.9 Å². The minimum atomic E-state index is -0.513. The molecule has 0 fully saturated rings. The molecule has 2 aromatic rings. The van der Waals surface area contributed by atoms with Crippen LogP contribution in [-0.2, 0) is 7.05 Å². The summed E-state index contributed by atoms with van der Waals surface area (Å²) in [7, 11) is 1.87. The van der Waals surface area contributed by atoms with Crippen molar-refractivity contribution in [3.8, 4) is 17.3 Å². The van der Waals surface area contributed by atoms with Crippen LogP contribution in [-0.4, -0.2) is 16.4 Å². The lowest BCUT2D eigenvalue weighted by molar-refractivity contribution is 0.100. The van der Waals surface area contributed by atoms with Gasteiger partial charge in [0.25, 0.3) is 5.91 Å². The summed E-state index contributed by atoms with van der Waals surface area (Å²) >= 11 is 0. The van der Waals surface area contributed by atoms with E-state index in [1.807, 2.05) is 24.6 Å². The highest BCUT2D eigenvalue weighted by atomic mass is 16.1. The van der Waals surface area contributed by atoms with E-state index in [0.717, 1.165) is 17.0 Å². The molecule has 1 heterocycles. The van der Waals surface area contributed by atoms with Gasteiger partial charge >= 0.3 is 0 Å². The Bertz CT molecular complexity index is 776. The van der Waals surface area contributed by atoms with Gasteiger partial charge in [-0.1, -0.05) is 12.1 Å². The van der Waals surface area contributed by atoms with Crippen LogP contribution in [0.3, 0.4) is 0 Å². The van der Waals surface area contributed by atoms with E-state index in [-0.39, 0.29) is 5.96 Å². The molecule has 0 radical (unpaired) electrons. The van der Waals surface area contributed by atoms with E-state index in [9.17, 15) is 10.1 Å². The molecule has 0 saturated heterocycles. The molecule has 0 unspecified atom stereocenters. The maximum absolute atomic E-state index is 11.9. The largest absolute Gasteiger partial charge is 0.370 e. The predicted molar refractivity (Wildman–Crippen MR) is 80.4 cm³/mol. The first-order valence-electron chi connectivity index (χ1n) is 6.25. The van der Waals surface area contributed by atoms with Crippen molar-refractivity contribution < 1.29 is 4.79 Å². The summed E-state index contributed by atoms with van der Waals surface area (Å²) in [5.41, 5.74) is 13.8. The van der Waals surface area contributed by atoms with E-state index >= 15 is 0 Å². The Labute approximate surface area is 122 Å². The molecule has 6 heteroatoms. The number of carbonyl (C=O) groups excluding carboxylic acids is 1. The molecule has 0 aliphatic carbocycles. The van der Waals surface area contributed by atoms with Gasteiger partial charge < -0.3 is 16.0 Å². The van der Waals surface area contributed by atoms with Gasteiger partial charge in [0, 0.05) is 23.9 Å². The molecule has 106 valence electrons. The van der Waals surface area contributed by atoms with Gasteiger partial charge in [-0.15, -0.1) is 0 Å². The van der Waals surface area contributed by atoms with Crippen molar-refractivity contribution in [2.24, 2.45) is 23.5 Å². The number of hydrogen-bond donors (Lipinski definition) is 2. The minimum absolute atomic E-state index is 0.280. The molecular formula is C15H15N5O. The topological polar surface area (TPSA) is 110 Å². The molecule has 0 spiro atoms. The number of amides is 1. The normalized spacial score (nSPS) is 9.95. The SMILES string of the molecule is Cc1cc(C#N)c(-c2cccc(C(=O)N=C(N)N)c2)n1C. The van der Waals surface area contributed by atoms with Gasteiger partial charge in [0.05, 0.1) is 11.3 Å². The fourth-order valence-corrected chi connectivity index (χ4v) is 2.15. The van der Waals surface area contributed by atoms with E-state index < -0.39 is 5.91 Å². The highest BCUT2D eigenvalue weighted by molar-refractivity contribution is 6.02. The molecule has 0 aliphatic heterocycles. The van der Waals surface area contributed by atoms with Crippen molar-refractivity contribution in [1.82, 2.24) is 4.57 Å². The summed E-state index contributed by atoms with van der Waals surface area (Å²) in [5.74, 6) is -0.792. The first kappa shape index (κ1) is 14.3. The summed E-state index contributed by atoms with van der Waals surface area (Å²) in [6.07, 6.45) is 0. The zero-order valence-corrected chi connectivity index (χ0v) is 11.8. The number of nitrogens with two attached hydrogens (primary N) is 2. The molecule has 1 aromatic carbocycles. The summed E-state index contributed by atoms with van der Waals surface area (Å²) in [6.45, 7) is 1.92. The summed E-state index contributed by atoms with van der Waals surface area (Å²) < 4.78 is 1.91. The van der Waals surface area contributed by atoms with Gasteiger partial charge in [0.2, 0.25) is 0 Å². The molecule has 0 atom stereocenters. The zero-order valence-electron chi connectivity index (χ0n) is 11.8. The zero-order chi connectivity index (χ0) is 15.6. The molecule has 2 rings (SSSR count). The number of aromatic nitrogens is 1. The van der Waals surface area contributed by atoms with Crippen LogP contribution in [0.2, 0.25) is 0 Å². The fourth-order valence-electron chi connectivity index (χ4n) is 2.15. The van der Waals surface area contributed by atoms with Crippen molar-refractivity contribution in [2.45, 2.75) is 6.92 Å². The quantitative estimate of drug-likeness (QED) is 0.638. The first-order valence-corrected chi connectivity index (χ1v) is 6.25. The monoisotopic (exact) mass is 281 g/mol. The number of nitrogens with zero attached hydrogens (tertiary/aromatic N) is 3. The van der Waals surface area contributed by atoms with Crippen LogP contribution in [0, 0.1) is 18.3 Å². The molecule has 4 N–H and O–H groups in total. The van der Waals surface area contributed by atoms with Crippen LogP contribution in [0.4, 0.5) is 0 Å². The second kappa shape index (κ2) is 5.51. The Morgan fingerprint density at radius 1 is 1.33 bits per heavy atom. The van der Waals surface area contributed by atoms with Crippen molar-refractivity contribution in [1.29, 1.82) is 5.26 Å². The van der Waals surface area contributed by atoms with Gasteiger partial charge in [-0.05, 0) is 25.1 Å². The average Bonchev–Trinajstić information content (AvgIpc) is 2.73. The van der Waals surface area contributed by atoms with Crippen LogP contribution in [0.1, 0.15) is 21.6 Å². The van der Waals surface area contributed by atoms with E-state index in [1.165, 1.54) is 0 Å². The van der Waals surface area contributed by atoms with Crippen LogP contribution in [0.15, 0.2) is 35.3 Å². The third kappa shape index (κ3) is 2.77. The van der Waals surface area contributed by atoms with E-state index in [4.69, 9.17) is 11.5 Å². The summed E-state index contributed by atoms with van der Waals surface area (Å²) in [5, 5.41) is 9.23. The molecule has 0 aliphatic rings. The maximum atomic E-state index is 11.9. The van der Waals surface area contributed by atoms with E-state index in [1.54, 1.807) is 24.3 Å². The van der Waals surface area contributed by atoms with E-state index in [2.05, 4.69) is 11.1 Å². The Morgan fingerprint density at radius 3 is 2.67 bits per heavy atom. The molecule has 6 nitrogen and oxygen atoms in total. The highest BCUT2D eigenvalue weighted by Crippen LogP contribution is 2.27. The number of hydrogen-bond acceptors (Lipinski definition) is 2. The van der Waals surface area contributed by atoms with Gasteiger partial charge in [-0.2, -0.15) is 10.3 Å². The minimum Gasteiger partial charge on any atom is -0.370 e. The predicted octanol–water partition coefficient (Wildman–Crippen LogP) is 1.29. The molecule has 0 saturated carbocycles. The van der Waals surface area contributed by atoms with Crippen LogP contribution in [0.5, 0.6) is 0 Å². The Hall–Kier alpha value is -3.07. The van der Waals surface area contributed by atoms with Gasteiger partial charge in [-0.3, -0.25) is 4.79 Å². The second-order valence-corrected chi connectivity index (χ2v) is 4.64. The maximum Gasteiger partial charge on any atom is 0.280 e. The van der Waals surface area contributed by atoms with Crippen LogP contribution in [0.25, 0.3) is 11.3 Å². The summed E-state index contributed by atoms with van der Waals surface area (Å²) in [4.78, 5) is 15.4. The smallest absolute Gasteiger partial charge is 0.280 e. The molecule has 1 aromatic heterocycles. The standard InChI is InChI=1S/C15H15N5O/c1-9-6-12(8-16)13(20(9)2)10-4-3-5-11(7-10)14(21)19-15(17)18/h3-7H,1-2H3,(H4,17,18,19,21). The number of rotatable bonds is 2. The Morgan fingerprint density at radius 2 is 2.05 bits per heavy atom. The lowest BCUT2D eigenvalue weighted by Crippen LogP contribution is -2.24. The molecule has 1 amide bonds. The van der Waals surface area contributed by atoms with Crippen LogP contribution < -0.4 is 11.5 Å². The Kier molecular flexibility index (Phi) is 3.76. The van der Waals surface area contributed by atoms with Gasteiger partial charge in [0.15, 0.2) is 5.96 Å². The third-order valence-corrected chi connectivity index (χ3v) is 3.21. The molecule has 0 bridgehead atoms. The summed E-state index contributed by atoms with van der Waals surface area (Å²) in [6, 6.07) is 10.8. The molecule has 21 heavy (non-hydrogen) atoms. The number of guanidine groups is 1. The second-order valence-electron chi connectivity index (χ2n) is 4.64. The number of benzene rings is 1. The lowest BCUT2D eigenvalue weighted by atomic mass is 10.1. The highest BCUT2D eigenvalue weighted by Gasteiger charge is 2.14. The fraction of sp³-hybridized carbons (Fsp3) is 0.133. The van der Waals surface area contributed by atoms with Gasteiger partial charge in [0.1, 0.15) is 6.07 Å². The third-order valence-electron chi connectivity index (χ3n) is 3.21. The first-order chi connectivity index (χ1) is 9.93. The average molecular weight is 281 g/mol. The number of aliphatic imine (C=N–C) groups is 1. The van der Waals surface area contributed by atoms with Crippen molar-refractivity contribution in [3.05, 3.63) is 47.2 Å². The van der Waals surface area contributed by atoms with Gasteiger partial charge in [-0.25, -0.2) is 0 Å². The van der Waals surface area contributed by atoms with Crippen molar-refractivity contribution in [3.63, 3.8) is 0 Å². The van der Waals surface area contributed by atoms with E-state index in [0.29, 0.717) is 11.1 Å². The number of carbonyl (C=O) groups is 1. The lowest BCUT2D eigenvalue weighted by Gasteiger charge is -2.07. The van der Waals surface area contributed by atoms with Crippen LogP contribution >= 0.6 is 0 Å². The molecular weight excluding hydrogens is 266 g/mol. The number of nitriles is 1.